The quantitative estimate of drug-likeness (QED) is 0.788. The molecular weight excluding hydrogens is 254 g/mol. The molecule has 0 aromatic heterocycles. The van der Waals surface area contributed by atoms with Gasteiger partial charge in [-0.15, -0.1) is 0 Å². The van der Waals surface area contributed by atoms with Crippen LogP contribution in [0.15, 0.2) is 30.3 Å². The Hall–Kier alpha value is -0.670. The van der Waals surface area contributed by atoms with Gasteiger partial charge in [0.1, 0.15) is 0 Å². The first-order valence-corrected chi connectivity index (χ1v) is 8.57. The van der Waals surface area contributed by atoms with E-state index >= 15 is 0 Å². The zero-order chi connectivity index (χ0) is 14.3. The summed E-state index contributed by atoms with van der Waals surface area (Å²) in [5, 5.41) is 3.94. The molecule has 0 saturated heterocycles. The molecule has 4 unspecified atom stereocenters. The van der Waals surface area contributed by atoms with Gasteiger partial charge in [0.25, 0.3) is 0 Å². The van der Waals surface area contributed by atoms with Crippen LogP contribution >= 0.6 is 0 Å². The average Bonchev–Trinajstić information content (AvgIpc) is 2.46. The second kappa shape index (κ2) is 8.49. The van der Waals surface area contributed by atoms with Gasteiger partial charge in [0.2, 0.25) is 0 Å². The van der Waals surface area contributed by atoms with Gasteiger partial charge >= 0.3 is 0 Å². The molecular formula is C16H27NOS. The van der Waals surface area contributed by atoms with E-state index in [1.54, 1.807) is 0 Å². The Labute approximate surface area is 120 Å². The molecule has 1 aromatic rings. The van der Waals surface area contributed by atoms with E-state index in [-0.39, 0.29) is 16.5 Å². The first-order chi connectivity index (χ1) is 9.11. The molecule has 0 spiro atoms. The number of hydrogen-bond acceptors (Lipinski definition) is 2. The van der Waals surface area contributed by atoms with Crippen molar-refractivity contribution >= 4 is 10.8 Å². The Morgan fingerprint density at radius 1 is 1.16 bits per heavy atom. The Morgan fingerprint density at radius 2 is 1.79 bits per heavy atom. The molecule has 0 amide bonds. The third kappa shape index (κ3) is 4.73. The molecule has 1 rings (SSSR count). The van der Waals surface area contributed by atoms with E-state index in [4.69, 9.17) is 0 Å². The van der Waals surface area contributed by atoms with Crippen LogP contribution in [0.4, 0.5) is 0 Å². The summed E-state index contributed by atoms with van der Waals surface area (Å²) in [7, 11) is -0.806. The molecule has 0 bridgehead atoms. The summed E-state index contributed by atoms with van der Waals surface area (Å²) in [4.78, 5) is 0. The highest BCUT2D eigenvalue weighted by Gasteiger charge is 2.26. The largest absolute Gasteiger partial charge is 0.309 e. The van der Waals surface area contributed by atoms with E-state index in [1.807, 2.05) is 6.07 Å². The highest BCUT2D eigenvalue weighted by molar-refractivity contribution is 7.86. The zero-order valence-electron chi connectivity index (χ0n) is 12.6. The van der Waals surface area contributed by atoms with Crippen LogP contribution in [0, 0.1) is 0 Å². The van der Waals surface area contributed by atoms with Gasteiger partial charge in [-0.25, -0.2) is 0 Å². The van der Waals surface area contributed by atoms with Crippen molar-refractivity contribution in [1.29, 1.82) is 0 Å². The van der Waals surface area contributed by atoms with E-state index in [2.05, 4.69) is 57.3 Å². The summed E-state index contributed by atoms with van der Waals surface area (Å²) in [5.41, 5.74) is 1.24. The van der Waals surface area contributed by atoms with Crippen LogP contribution in [0.5, 0.6) is 0 Å². The van der Waals surface area contributed by atoms with Crippen LogP contribution < -0.4 is 5.32 Å². The maximum atomic E-state index is 12.5. The summed E-state index contributed by atoms with van der Waals surface area (Å²) in [6.07, 6.45) is 2.05. The van der Waals surface area contributed by atoms with Gasteiger partial charge in [-0.1, -0.05) is 51.1 Å². The fourth-order valence-corrected chi connectivity index (χ4v) is 3.76. The summed E-state index contributed by atoms with van der Waals surface area (Å²) in [6, 6.07) is 10.5. The monoisotopic (exact) mass is 281 g/mol. The molecule has 0 aliphatic carbocycles. The minimum Gasteiger partial charge on any atom is -0.309 e. The fourth-order valence-electron chi connectivity index (χ4n) is 2.18. The van der Waals surface area contributed by atoms with Crippen LogP contribution in [-0.2, 0) is 10.8 Å². The summed E-state index contributed by atoms with van der Waals surface area (Å²) < 4.78 is 12.5. The van der Waals surface area contributed by atoms with E-state index in [0.29, 0.717) is 0 Å². The zero-order valence-corrected chi connectivity index (χ0v) is 13.4. The molecule has 4 atom stereocenters. The first-order valence-electron chi connectivity index (χ1n) is 7.29. The lowest BCUT2D eigenvalue weighted by Crippen LogP contribution is -2.36. The lowest BCUT2D eigenvalue weighted by atomic mass is 10.0. The van der Waals surface area contributed by atoms with Crippen molar-refractivity contribution < 1.29 is 4.21 Å². The van der Waals surface area contributed by atoms with Gasteiger partial charge in [0, 0.05) is 22.1 Å². The third-order valence-electron chi connectivity index (χ3n) is 3.58. The van der Waals surface area contributed by atoms with Crippen LogP contribution in [0.1, 0.15) is 52.1 Å². The van der Waals surface area contributed by atoms with Crippen molar-refractivity contribution in [2.24, 2.45) is 0 Å². The minimum absolute atomic E-state index is 0.129. The van der Waals surface area contributed by atoms with E-state index in [1.165, 1.54) is 5.56 Å². The lowest BCUT2D eigenvalue weighted by Gasteiger charge is -2.27. The first kappa shape index (κ1) is 16.4. The second-order valence-electron chi connectivity index (χ2n) is 5.09. The van der Waals surface area contributed by atoms with Gasteiger partial charge in [0.05, 0.1) is 5.25 Å². The molecule has 0 radical (unpaired) electrons. The predicted octanol–water partition coefficient (Wildman–Crippen LogP) is 3.66. The van der Waals surface area contributed by atoms with Crippen molar-refractivity contribution in [2.75, 3.05) is 6.54 Å². The standard InChI is InChI=1S/C16H27NOS/c1-5-12-17-16(15-10-8-7-9-11-15)14(4)19(18)13(3)6-2/h7-11,13-14,16-17H,5-6,12H2,1-4H3. The normalized spacial score (nSPS) is 17.7. The van der Waals surface area contributed by atoms with Crippen molar-refractivity contribution in [1.82, 2.24) is 5.32 Å². The van der Waals surface area contributed by atoms with Gasteiger partial charge in [0.15, 0.2) is 0 Å². The lowest BCUT2D eigenvalue weighted by molar-refractivity contribution is 0.515. The number of hydrogen-bond donors (Lipinski definition) is 1. The number of nitrogens with one attached hydrogen (secondary N) is 1. The van der Waals surface area contributed by atoms with Crippen LogP contribution in [0.25, 0.3) is 0 Å². The molecule has 2 nitrogen and oxygen atoms in total. The van der Waals surface area contributed by atoms with Crippen molar-refractivity contribution in [3.63, 3.8) is 0 Å². The van der Waals surface area contributed by atoms with Crippen molar-refractivity contribution in [3.8, 4) is 0 Å². The topological polar surface area (TPSA) is 29.1 Å². The number of rotatable bonds is 8. The Bertz CT molecular complexity index is 380. The molecule has 3 heteroatoms. The minimum atomic E-state index is -0.806. The second-order valence-corrected chi connectivity index (χ2v) is 7.30. The number of benzene rings is 1. The molecule has 19 heavy (non-hydrogen) atoms. The average molecular weight is 281 g/mol. The Balaban J connectivity index is 2.87. The van der Waals surface area contributed by atoms with Gasteiger partial charge in [-0.3, -0.25) is 4.21 Å². The van der Waals surface area contributed by atoms with E-state index in [9.17, 15) is 4.21 Å². The van der Waals surface area contributed by atoms with Crippen molar-refractivity contribution in [3.05, 3.63) is 35.9 Å². The van der Waals surface area contributed by atoms with Gasteiger partial charge < -0.3 is 5.32 Å². The summed E-state index contributed by atoms with van der Waals surface area (Å²) in [6.45, 7) is 9.40. The van der Waals surface area contributed by atoms with Crippen LogP contribution in [0.2, 0.25) is 0 Å². The van der Waals surface area contributed by atoms with E-state index < -0.39 is 10.8 Å². The Morgan fingerprint density at radius 3 is 2.32 bits per heavy atom. The molecule has 0 heterocycles. The maximum absolute atomic E-state index is 12.5. The van der Waals surface area contributed by atoms with Gasteiger partial charge in [-0.2, -0.15) is 0 Å². The Kier molecular flexibility index (Phi) is 7.32. The molecule has 0 aliphatic rings. The highest BCUT2D eigenvalue weighted by Crippen LogP contribution is 2.23. The fraction of sp³-hybridized carbons (Fsp3) is 0.625. The highest BCUT2D eigenvalue weighted by atomic mass is 32.2. The molecule has 0 saturated carbocycles. The smallest absolute Gasteiger partial charge is 0.0517 e. The predicted molar refractivity (Wildman–Crippen MR) is 84.8 cm³/mol. The summed E-state index contributed by atoms with van der Waals surface area (Å²) in [5.74, 6) is 0. The van der Waals surface area contributed by atoms with Gasteiger partial charge in [-0.05, 0) is 31.9 Å². The molecule has 1 N–H and O–H groups in total. The molecule has 0 aliphatic heterocycles. The third-order valence-corrected chi connectivity index (χ3v) is 5.71. The van der Waals surface area contributed by atoms with E-state index in [0.717, 1.165) is 19.4 Å². The molecule has 108 valence electrons. The molecule has 1 aromatic carbocycles. The van der Waals surface area contributed by atoms with Crippen molar-refractivity contribution in [2.45, 2.75) is 57.1 Å². The molecule has 0 fully saturated rings. The summed E-state index contributed by atoms with van der Waals surface area (Å²) >= 11 is 0. The van der Waals surface area contributed by atoms with Crippen LogP contribution in [-0.4, -0.2) is 21.3 Å². The van der Waals surface area contributed by atoms with Crippen LogP contribution in [0.3, 0.4) is 0 Å². The maximum Gasteiger partial charge on any atom is 0.0517 e. The SMILES string of the molecule is CCCNC(c1ccccc1)C(C)S(=O)C(C)CC.